The van der Waals surface area contributed by atoms with Crippen molar-refractivity contribution >= 4 is 33.2 Å². The minimum atomic E-state index is -4.07. The van der Waals surface area contributed by atoms with Gasteiger partial charge in [0.1, 0.15) is 11.5 Å². The lowest BCUT2D eigenvalue weighted by Gasteiger charge is -2.18. The maximum Gasteiger partial charge on any atom is 0.262 e. The van der Waals surface area contributed by atoms with Crippen LogP contribution in [0.15, 0.2) is 59.6 Å². The van der Waals surface area contributed by atoms with Crippen molar-refractivity contribution in [2.45, 2.75) is 18.4 Å². The molecule has 1 heterocycles. The first kappa shape index (κ1) is 24.3. The number of aryl methyl sites for hydroxylation is 1. The number of hydrogen-bond donors (Lipinski definition) is 1. The summed E-state index contributed by atoms with van der Waals surface area (Å²) in [5.41, 5.74) is 1.58. The maximum atomic E-state index is 13.2. The van der Waals surface area contributed by atoms with E-state index in [0.717, 1.165) is 5.69 Å². The van der Waals surface area contributed by atoms with E-state index in [1.54, 1.807) is 38.4 Å². The Balaban J connectivity index is 1.91. The van der Waals surface area contributed by atoms with Crippen molar-refractivity contribution in [3.8, 4) is 11.5 Å². The van der Waals surface area contributed by atoms with Gasteiger partial charge in [-0.15, -0.1) is 0 Å². The summed E-state index contributed by atoms with van der Waals surface area (Å²) in [7, 11) is 0.417. The first-order chi connectivity index (χ1) is 15.7. The molecule has 0 aliphatic carbocycles. The third kappa shape index (κ3) is 5.55. The highest BCUT2D eigenvalue weighted by molar-refractivity contribution is 7.92. The molecule has 174 valence electrons. The van der Waals surface area contributed by atoms with E-state index in [1.807, 2.05) is 12.1 Å². The number of hydrogen-bond acceptors (Lipinski definition) is 6. The van der Waals surface area contributed by atoms with E-state index in [4.69, 9.17) is 21.1 Å². The van der Waals surface area contributed by atoms with Crippen LogP contribution in [0.3, 0.4) is 0 Å². The summed E-state index contributed by atoms with van der Waals surface area (Å²) in [4.78, 5) is 18.6. The number of benzene rings is 2. The van der Waals surface area contributed by atoms with E-state index in [0.29, 0.717) is 11.3 Å². The van der Waals surface area contributed by atoms with Crippen molar-refractivity contribution < 1.29 is 22.7 Å². The molecule has 0 saturated carbocycles. The van der Waals surface area contributed by atoms with Crippen LogP contribution < -0.4 is 14.2 Å². The number of anilines is 1. The smallest absolute Gasteiger partial charge is 0.262 e. The second-order valence-corrected chi connectivity index (χ2v) is 9.31. The number of aromatic nitrogens is 1. The zero-order valence-electron chi connectivity index (χ0n) is 18.6. The number of carbonyl (C=O) groups is 1. The molecule has 0 fully saturated rings. The van der Waals surface area contributed by atoms with E-state index in [-0.39, 0.29) is 39.4 Å². The number of carbonyl (C=O) groups excluding carboxylic acids is 1. The van der Waals surface area contributed by atoms with Gasteiger partial charge in [-0.2, -0.15) is 0 Å². The topological polar surface area (TPSA) is 97.8 Å². The number of methoxy groups -OCH3 is 2. The summed E-state index contributed by atoms with van der Waals surface area (Å²) in [6.45, 7) is 1.94. The number of rotatable bonds is 8. The molecule has 0 aliphatic heterocycles. The van der Waals surface area contributed by atoms with Crippen molar-refractivity contribution in [3.05, 3.63) is 76.6 Å². The Hall–Kier alpha value is -3.30. The first-order valence-electron chi connectivity index (χ1n) is 9.86. The van der Waals surface area contributed by atoms with Crippen LogP contribution in [0, 0.1) is 6.92 Å². The van der Waals surface area contributed by atoms with Crippen molar-refractivity contribution in [3.63, 3.8) is 0 Å². The molecular weight excluding hydrogens is 466 g/mol. The molecule has 0 atom stereocenters. The molecule has 2 aromatic carbocycles. The molecule has 0 radical (unpaired) electrons. The fraction of sp³-hybridized carbons (Fsp3) is 0.217. The second kappa shape index (κ2) is 10.1. The highest BCUT2D eigenvalue weighted by Gasteiger charge is 2.23. The number of nitrogens with one attached hydrogen (secondary N) is 1. The average molecular weight is 490 g/mol. The van der Waals surface area contributed by atoms with Gasteiger partial charge >= 0.3 is 0 Å². The van der Waals surface area contributed by atoms with Crippen LogP contribution in [-0.2, 0) is 16.6 Å². The van der Waals surface area contributed by atoms with Gasteiger partial charge in [0.2, 0.25) is 0 Å². The van der Waals surface area contributed by atoms with Gasteiger partial charge < -0.3 is 14.4 Å². The van der Waals surface area contributed by atoms with Gasteiger partial charge in [0.25, 0.3) is 15.9 Å². The highest BCUT2D eigenvalue weighted by atomic mass is 35.5. The summed E-state index contributed by atoms with van der Waals surface area (Å²) in [6, 6.07) is 12.9. The number of ether oxygens (including phenoxy) is 2. The molecule has 0 bridgehead atoms. The van der Waals surface area contributed by atoms with Gasteiger partial charge in [-0.25, -0.2) is 8.42 Å². The van der Waals surface area contributed by atoms with Gasteiger partial charge in [0.05, 0.1) is 42.1 Å². The molecule has 10 heteroatoms. The third-order valence-electron chi connectivity index (χ3n) is 4.91. The Labute approximate surface area is 198 Å². The number of halogens is 1. The zero-order chi connectivity index (χ0) is 24.2. The fourth-order valence-corrected chi connectivity index (χ4v) is 4.76. The van der Waals surface area contributed by atoms with Crippen molar-refractivity contribution in [2.75, 3.05) is 26.0 Å². The summed E-state index contributed by atoms with van der Waals surface area (Å²) < 4.78 is 39.3. The summed E-state index contributed by atoms with van der Waals surface area (Å²) in [5, 5.41) is 0.216. The quantitative estimate of drug-likeness (QED) is 0.511. The Morgan fingerprint density at radius 1 is 1.09 bits per heavy atom. The van der Waals surface area contributed by atoms with E-state index < -0.39 is 10.0 Å². The average Bonchev–Trinajstić information content (AvgIpc) is 2.79. The maximum absolute atomic E-state index is 13.2. The standard InChI is InChI=1S/C23H24ClN3O5S/c1-15-8-9-16(23(28)27(2)14-17-7-5-6-10-25-17)11-22(15)33(29,30)26-19-12-18(24)20(31-3)13-21(19)32-4/h5-13,26H,14H2,1-4H3. The monoisotopic (exact) mass is 489 g/mol. The Morgan fingerprint density at radius 3 is 2.45 bits per heavy atom. The lowest BCUT2D eigenvalue weighted by atomic mass is 10.1. The zero-order valence-corrected chi connectivity index (χ0v) is 20.2. The fourth-order valence-electron chi connectivity index (χ4n) is 3.19. The van der Waals surface area contributed by atoms with E-state index in [2.05, 4.69) is 9.71 Å². The summed E-state index contributed by atoms with van der Waals surface area (Å²) >= 11 is 6.16. The van der Waals surface area contributed by atoms with Crippen LogP contribution in [0.25, 0.3) is 0 Å². The van der Waals surface area contributed by atoms with Gasteiger partial charge in [-0.3, -0.25) is 14.5 Å². The van der Waals surface area contributed by atoms with E-state index >= 15 is 0 Å². The lowest BCUT2D eigenvalue weighted by Crippen LogP contribution is -2.27. The summed E-state index contributed by atoms with van der Waals surface area (Å²) in [5.74, 6) is 0.248. The molecule has 1 aromatic heterocycles. The molecule has 33 heavy (non-hydrogen) atoms. The number of nitrogens with zero attached hydrogens (tertiary/aromatic N) is 2. The molecule has 1 N–H and O–H groups in total. The van der Waals surface area contributed by atoms with Crippen molar-refractivity contribution in [1.82, 2.24) is 9.88 Å². The number of amides is 1. The molecule has 3 aromatic rings. The van der Waals surface area contributed by atoms with Crippen molar-refractivity contribution in [1.29, 1.82) is 0 Å². The lowest BCUT2D eigenvalue weighted by molar-refractivity contribution is 0.0783. The van der Waals surface area contributed by atoms with Crippen LogP contribution >= 0.6 is 11.6 Å². The highest BCUT2D eigenvalue weighted by Crippen LogP contribution is 2.37. The minimum Gasteiger partial charge on any atom is -0.495 e. The number of sulfonamides is 1. The van der Waals surface area contributed by atoms with Gasteiger partial charge in [-0.05, 0) is 42.8 Å². The molecule has 1 amide bonds. The van der Waals surface area contributed by atoms with Crippen LogP contribution in [0.2, 0.25) is 5.02 Å². The van der Waals surface area contributed by atoms with E-state index in [9.17, 15) is 13.2 Å². The molecular formula is C23H24ClN3O5S. The molecule has 0 spiro atoms. The largest absolute Gasteiger partial charge is 0.495 e. The van der Waals surface area contributed by atoms with Gasteiger partial charge in [-0.1, -0.05) is 23.7 Å². The second-order valence-electron chi connectivity index (χ2n) is 7.26. The van der Waals surface area contributed by atoms with Crippen LogP contribution in [0.1, 0.15) is 21.6 Å². The van der Waals surface area contributed by atoms with Gasteiger partial charge in [0, 0.05) is 24.9 Å². The number of pyridine rings is 1. The predicted molar refractivity (Wildman–Crippen MR) is 127 cm³/mol. The third-order valence-corrected chi connectivity index (χ3v) is 6.72. The van der Waals surface area contributed by atoms with Gasteiger partial charge in [0.15, 0.2) is 0 Å². The first-order valence-corrected chi connectivity index (χ1v) is 11.7. The van der Waals surface area contributed by atoms with Crippen LogP contribution in [0.4, 0.5) is 5.69 Å². The van der Waals surface area contributed by atoms with Crippen LogP contribution in [-0.4, -0.2) is 45.5 Å². The normalized spacial score (nSPS) is 11.1. The molecule has 0 saturated heterocycles. The Kier molecular flexibility index (Phi) is 7.45. The molecule has 0 aliphatic rings. The Bertz CT molecular complexity index is 1270. The predicted octanol–water partition coefficient (Wildman–Crippen LogP) is 4.13. The molecule has 3 rings (SSSR count). The molecule has 0 unspecified atom stereocenters. The molecule has 8 nitrogen and oxygen atoms in total. The summed E-state index contributed by atoms with van der Waals surface area (Å²) in [6.07, 6.45) is 1.65. The van der Waals surface area contributed by atoms with E-state index in [1.165, 1.54) is 37.3 Å². The van der Waals surface area contributed by atoms with Crippen LogP contribution in [0.5, 0.6) is 11.5 Å². The minimum absolute atomic E-state index is 0.0337. The van der Waals surface area contributed by atoms with Crippen molar-refractivity contribution in [2.24, 2.45) is 0 Å². The SMILES string of the molecule is COc1cc(OC)c(NS(=O)(=O)c2cc(C(=O)N(C)Cc3ccccn3)ccc2C)cc1Cl. The Morgan fingerprint density at radius 2 is 1.82 bits per heavy atom.